The quantitative estimate of drug-likeness (QED) is 0.750. The smallest absolute Gasteiger partial charge is 0.315 e. The molecule has 0 spiro atoms. The first-order valence-corrected chi connectivity index (χ1v) is 7.95. The number of amides is 2. The molecular formula is C18H21ClN2O3. The van der Waals surface area contributed by atoms with Crippen molar-refractivity contribution in [3.05, 3.63) is 64.2 Å². The van der Waals surface area contributed by atoms with Gasteiger partial charge in [-0.15, -0.1) is 0 Å². The Hall–Kier alpha value is -2.24. The van der Waals surface area contributed by atoms with Crippen LogP contribution in [-0.2, 0) is 6.54 Å². The Morgan fingerprint density at radius 1 is 1.25 bits per heavy atom. The average Bonchev–Trinajstić information content (AvgIpc) is 2.58. The van der Waals surface area contributed by atoms with Crippen LogP contribution in [0.5, 0.6) is 5.75 Å². The molecule has 0 saturated heterocycles. The van der Waals surface area contributed by atoms with E-state index in [0.29, 0.717) is 11.6 Å². The average molecular weight is 349 g/mol. The number of ether oxygens (including phenoxy) is 1. The number of hydrogen-bond donors (Lipinski definition) is 3. The predicted octanol–water partition coefficient (Wildman–Crippen LogP) is 3.19. The number of carbonyl (C=O) groups is 1. The van der Waals surface area contributed by atoms with Crippen molar-refractivity contribution < 1.29 is 14.6 Å². The molecule has 0 aliphatic heterocycles. The lowest BCUT2D eigenvalue weighted by atomic mass is 10.1. The van der Waals surface area contributed by atoms with E-state index < -0.39 is 6.04 Å². The summed E-state index contributed by atoms with van der Waals surface area (Å²) in [6.45, 7) is 2.13. The van der Waals surface area contributed by atoms with Gasteiger partial charge in [0.1, 0.15) is 5.75 Å². The molecule has 0 fully saturated rings. The molecule has 0 aromatic heterocycles. The summed E-state index contributed by atoms with van der Waals surface area (Å²) in [7, 11) is 1.61. The van der Waals surface area contributed by atoms with Crippen LogP contribution in [0.2, 0.25) is 5.02 Å². The number of hydrogen-bond acceptors (Lipinski definition) is 3. The molecule has 5 nitrogen and oxygen atoms in total. The maximum absolute atomic E-state index is 12.1. The molecule has 0 aliphatic rings. The largest absolute Gasteiger partial charge is 0.497 e. The molecule has 1 unspecified atom stereocenters. The normalized spacial score (nSPS) is 11.7. The molecule has 2 amide bonds. The summed E-state index contributed by atoms with van der Waals surface area (Å²) in [5.41, 5.74) is 2.78. The maximum Gasteiger partial charge on any atom is 0.315 e. The molecule has 2 aromatic rings. The Bertz CT molecular complexity index is 689. The second kappa shape index (κ2) is 8.57. The van der Waals surface area contributed by atoms with Gasteiger partial charge in [0.05, 0.1) is 19.8 Å². The second-order valence-corrected chi connectivity index (χ2v) is 5.91. The van der Waals surface area contributed by atoms with E-state index in [4.69, 9.17) is 16.3 Å². The van der Waals surface area contributed by atoms with Crippen LogP contribution in [0, 0.1) is 6.92 Å². The van der Waals surface area contributed by atoms with Crippen LogP contribution >= 0.6 is 11.6 Å². The van der Waals surface area contributed by atoms with Gasteiger partial charge in [-0.05, 0) is 47.9 Å². The van der Waals surface area contributed by atoms with E-state index in [-0.39, 0.29) is 12.6 Å². The minimum absolute atomic E-state index is 0.201. The van der Waals surface area contributed by atoms with E-state index in [1.54, 1.807) is 31.4 Å². The number of nitrogens with one attached hydrogen (secondary N) is 2. The van der Waals surface area contributed by atoms with Crippen LogP contribution in [0.3, 0.4) is 0 Å². The number of aliphatic hydroxyl groups is 1. The molecule has 6 heteroatoms. The van der Waals surface area contributed by atoms with Crippen molar-refractivity contribution in [2.75, 3.05) is 13.7 Å². The van der Waals surface area contributed by atoms with Gasteiger partial charge in [-0.1, -0.05) is 29.8 Å². The summed E-state index contributed by atoms with van der Waals surface area (Å²) in [6, 6.07) is 11.9. The molecule has 0 heterocycles. The SMILES string of the molecule is COc1cc(C)cc(CNC(=O)NC(CO)c2ccc(Cl)cc2)c1. The van der Waals surface area contributed by atoms with E-state index in [0.717, 1.165) is 22.4 Å². The van der Waals surface area contributed by atoms with Gasteiger partial charge in [0, 0.05) is 11.6 Å². The molecule has 3 N–H and O–H groups in total. The molecule has 2 aromatic carbocycles. The van der Waals surface area contributed by atoms with Crippen molar-refractivity contribution in [2.24, 2.45) is 0 Å². The summed E-state index contributed by atoms with van der Waals surface area (Å²) >= 11 is 5.85. The third-order valence-electron chi connectivity index (χ3n) is 3.56. The monoisotopic (exact) mass is 348 g/mol. The van der Waals surface area contributed by atoms with Crippen molar-refractivity contribution in [3.63, 3.8) is 0 Å². The summed E-state index contributed by atoms with van der Waals surface area (Å²) in [5, 5.41) is 15.6. The molecule has 0 radical (unpaired) electrons. The zero-order chi connectivity index (χ0) is 17.5. The first kappa shape index (κ1) is 18.1. The number of halogens is 1. The molecule has 2 rings (SSSR count). The Labute approximate surface area is 146 Å². The Kier molecular flexibility index (Phi) is 6.46. The summed E-state index contributed by atoms with van der Waals surface area (Å²) in [4.78, 5) is 12.1. The number of methoxy groups -OCH3 is 1. The maximum atomic E-state index is 12.1. The van der Waals surface area contributed by atoms with Crippen molar-refractivity contribution in [1.29, 1.82) is 0 Å². The molecule has 0 bridgehead atoms. The van der Waals surface area contributed by atoms with Gasteiger partial charge in [-0.25, -0.2) is 4.79 Å². The lowest BCUT2D eigenvalue weighted by Gasteiger charge is -2.17. The molecular weight excluding hydrogens is 328 g/mol. The first-order chi connectivity index (χ1) is 11.5. The Balaban J connectivity index is 1.94. The lowest BCUT2D eigenvalue weighted by Crippen LogP contribution is -2.38. The van der Waals surface area contributed by atoms with Gasteiger partial charge < -0.3 is 20.5 Å². The highest BCUT2D eigenvalue weighted by Gasteiger charge is 2.13. The van der Waals surface area contributed by atoms with Crippen LogP contribution in [0.15, 0.2) is 42.5 Å². The molecule has 0 aliphatic carbocycles. The van der Waals surface area contributed by atoms with Gasteiger partial charge in [0.15, 0.2) is 0 Å². The molecule has 1 atom stereocenters. The third-order valence-corrected chi connectivity index (χ3v) is 3.81. The zero-order valence-corrected chi connectivity index (χ0v) is 14.4. The van der Waals surface area contributed by atoms with Crippen molar-refractivity contribution in [1.82, 2.24) is 10.6 Å². The van der Waals surface area contributed by atoms with Crippen LogP contribution in [-0.4, -0.2) is 24.9 Å². The standard InChI is InChI=1S/C18H21ClN2O3/c1-12-7-13(9-16(8-12)24-2)10-20-18(23)21-17(11-22)14-3-5-15(19)6-4-14/h3-9,17,22H,10-11H2,1-2H3,(H2,20,21,23). The zero-order valence-electron chi connectivity index (χ0n) is 13.7. The van der Waals surface area contributed by atoms with Crippen molar-refractivity contribution in [2.45, 2.75) is 19.5 Å². The van der Waals surface area contributed by atoms with E-state index in [2.05, 4.69) is 10.6 Å². The van der Waals surface area contributed by atoms with Gasteiger partial charge in [0.25, 0.3) is 0 Å². The highest BCUT2D eigenvalue weighted by atomic mass is 35.5. The van der Waals surface area contributed by atoms with Crippen molar-refractivity contribution in [3.8, 4) is 5.75 Å². The lowest BCUT2D eigenvalue weighted by molar-refractivity contribution is 0.216. The predicted molar refractivity (Wildman–Crippen MR) is 94.4 cm³/mol. The number of carbonyl (C=O) groups excluding carboxylic acids is 1. The van der Waals surface area contributed by atoms with E-state index >= 15 is 0 Å². The fourth-order valence-electron chi connectivity index (χ4n) is 2.37. The van der Waals surface area contributed by atoms with Gasteiger partial charge in [0.2, 0.25) is 0 Å². The fraction of sp³-hybridized carbons (Fsp3) is 0.278. The second-order valence-electron chi connectivity index (χ2n) is 5.47. The highest BCUT2D eigenvalue weighted by molar-refractivity contribution is 6.30. The molecule has 0 saturated carbocycles. The number of urea groups is 1. The van der Waals surface area contributed by atoms with Gasteiger partial charge in [-0.2, -0.15) is 0 Å². The summed E-state index contributed by atoms with van der Waals surface area (Å²) < 4.78 is 5.22. The number of aryl methyl sites for hydroxylation is 1. The minimum atomic E-state index is -0.491. The third kappa shape index (κ3) is 5.15. The molecule has 128 valence electrons. The summed E-state index contributed by atoms with van der Waals surface area (Å²) in [5.74, 6) is 0.751. The Morgan fingerprint density at radius 2 is 1.96 bits per heavy atom. The van der Waals surface area contributed by atoms with Gasteiger partial charge >= 0.3 is 6.03 Å². The number of rotatable bonds is 6. The van der Waals surface area contributed by atoms with E-state index in [1.165, 1.54) is 0 Å². The first-order valence-electron chi connectivity index (χ1n) is 7.57. The van der Waals surface area contributed by atoms with E-state index in [9.17, 15) is 9.90 Å². The fourth-order valence-corrected chi connectivity index (χ4v) is 2.49. The van der Waals surface area contributed by atoms with E-state index in [1.807, 2.05) is 25.1 Å². The summed E-state index contributed by atoms with van der Waals surface area (Å²) in [6.07, 6.45) is 0. The minimum Gasteiger partial charge on any atom is -0.497 e. The molecule has 24 heavy (non-hydrogen) atoms. The Morgan fingerprint density at radius 3 is 2.58 bits per heavy atom. The highest BCUT2D eigenvalue weighted by Crippen LogP contribution is 2.17. The van der Waals surface area contributed by atoms with Crippen LogP contribution < -0.4 is 15.4 Å². The number of aliphatic hydroxyl groups excluding tert-OH is 1. The van der Waals surface area contributed by atoms with Crippen LogP contribution in [0.1, 0.15) is 22.7 Å². The van der Waals surface area contributed by atoms with Gasteiger partial charge in [-0.3, -0.25) is 0 Å². The number of benzene rings is 2. The van der Waals surface area contributed by atoms with Crippen LogP contribution in [0.4, 0.5) is 4.79 Å². The topological polar surface area (TPSA) is 70.6 Å². The van der Waals surface area contributed by atoms with Crippen molar-refractivity contribution >= 4 is 17.6 Å². The van der Waals surface area contributed by atoms with Crippen LogP contribution in [0.25, 0.3) is 0 Å².